The van der Waals surface area contributed by atoms with Crippen molar-refractivity contribution in [2.24, 2.45) is 5.41 Å². The minimum atomic E-state index is -0.261. The molecule has 1 spiro atoms. The summed E-state index contributed by atoms with van der Waals surface area (Å²) >= 11 is 0. The SMILES string of the molecule is CCC(=O)N[C@@H]1C[C@@H](O)C12CCOCC2. The van der Waals surface area contributed by atoms with E-state index in [1.165, 1.54) is 0 Å². The van der Waals surface area contributed by atoms with Crippen LogP contribution in [0.25, 0.3) is 0 Å². The fourth-order valence-corrected chi connectivity index (χ4v) is 2.70. The zero-order chi connectivity index (χ0) is 10.9. The van der Waals surface area contributed by atoms with Crippen LogP contribution in [0.15, 0.2) is 0 Å². The lowest BCUT2D eigenvalue weighted by Gasteiger charge is -2.55. The number of hydrogen-bond donors (Lipinski definition) is 2. The summed E-state index contributed by atoms with van der Waals surface area (Å²) < 4.78 is 5.30. The summed E-state index contributed by atoms with van der Waals surface area (Å²) in [6.07, 6.45) is 2.68. The van der Waals surface area contributed by atoms with Crippen molar-refractivity contribution >= 4 is 5.91 Å². The summed E-state index contributed by atoms with van der Waals surface area (Å²) in [5.74, 6) is 0.0813. The highest BCUT2D eigenvalue weighted by molar-refractivity contribution is 5.76. The number of aliphatic hydroxyl groups is 1. The molecule has 0 aromatic heterocycles. The predicted molar refractivity (Wildman–Crippen MR) is 55.3 cm³/mol. The highest BCUT2D eigenvalue weighted by Crippen LogP contribution is 2.48. The maximum atomic E-state index is 11.3. The van der Waals surface area contributed by atoms with Gasteiger partial charge in [0.2, 0.25) is 5.91 Å². The topological polar surface area (TPSA) is 58.6 Å². The van der Waals surface area contributed by atoms with Crippen molar-refractivity contribution in [1.82, 2.24) is 5.32 Å². The van der Waals surface area contributed by atoms with E-state index in [0.717, 1.165) is 12.8 Å². The summed E-state index contributed by atoms with van der Waals surface area (Å²) in [7, 11) is 0. The maximum absolute atomic E-state index is 11.3. The van der Waals surface area contributed by atoms with Gasteiger partial charge in [-0.1, -0.05) is 6.92 Å². The lowest BCUT2D eigenvalue weighted by molar-refractivity contribution is -0.155. The number of ether oxygens (including phenoxy) is 1. The van der Waals surface area contributed by atoms with Gasteiger partial charge in [-0.05, 0) is 19.3 Å². The zero-order valence-electron chi connectivity index (χ0n) is 9.16. The molecule has 86 valence electrons. The Hall–Kier alpha value is -0.610. The van der Waals surface area contributed by atoms with Gasteiger partial charge in [0.25, 0.3) is 0 Å². The van der Waals surface area contributed by atoms with Crippen LogP contribution >= 0.6 is 0 Å². The molecule has 1 aliphatic carbocycles. The van der Waals surface area contributed by atoms with Gasteiger partial charge in [-0.3, -0.25) is 4.79 Å². The second-order valence-electron chi connectivity index (χ2n) is 4.57. The fourth-order valence-electron chi connectivity index (χ4n) is 2.70. The van der Waals surface area contributed by atoms with E-state index in [1.54, 1.807) is 0 Å². The number of nitrogens with one attached hydrogen (secondary N) is 1. The summed E-state index contributed by atoms with van der Waals surface area (Å²) in [5.41, 5.74) is -0.0942. The van der Waals surface area contributed by atoms with Crippen molar-refractivity contribution in [3.05, 3.63) is 0 Å². The standard InChI is InChI=1S/C11H19NO3/c1-2-10(14)12-8-7-9(13)11(8)3-5-15-6-4-11/h8-9,13H,2-7H2,1H3,(H,12,14)/t8-,9-/m1/s1. The minimum Gasteiger partial charge on any atom is -0.392 e. The monoisotopic (exact) mass is 213 g/mol. The van der Waals surface area contributed by atoms with Crippen molar-refractivity contribution < 1.29 is 14.6 Å². The maximum Gasteiger partial charge on any atom is 0.219 e. The molecular weight excluding hydrogens is 194 g/mol. The Morgan fingerprint density at radius 2 is 2.20 bits per heavy atom. The molecule has 2 rings (SSSR count). The largest absolute Gasteiger partial charge is 0.392 e. The van der Waals surface area contributed by atoms with Crippen LogP contribution in [0.1, 0.15) is 32.6 Å². The van der Waals surface area contributed by atoms with E-state index in [2.05, 4.69) is 5.32 Å². The average Bonchev–Trinajstić information content (AvgIpc) is 2.29. The quantitative estimate of drug-likeness (QED) is 0.700. The second kappa shape index (κ2) is 4.10. The molecule has 2 N–H and O–H groups in total. The minimum absolute atomic E-state index is 0.0813. The molecule has 4 heteroatoms. The van der Waals surface area contributed by atoms with E-state index < -0.39 is 0 Å². The molecule has 1 heterocycles. The van der Waals surface area contributed by atoms with Gasteiger partial charge in [-0.25, -0.2) is 0 Å². The number of aliphatic hydroxyl groups excluding tert-OH is 1. The Bertz CT molecular complexity index is 248. The first-order valence-corrected chi connectivity index (χ1v) is 5.74. The van der Waals surface area contributed by atoms with Gasteiger partial charge in [-0.2, -0.15) is 0 Å². The van der Waals surface area contributed by atoms with Gasteiger partial charge < -0.3 is 15.2 Å². The predicted octanol–water partition coefficient (Wildman–Crippen LogP) is 0.443. The Kier molecular flexibility index (Phi) is 2.98. The summed E-state index contributed by atoms with van der Waals surface area (Å²) in [4.78, 5) is 11.3. The molecule has 2 aliphatic rings. The van der Waals surface area contributed by atoms with Crippen LogP contribution in [0.5, 0.6) is 0 Å². The fraction of sp³-hybridized carbons (Fsp3) is 0.909. The molecule has 1 saturated heterocycles. The van der Waals surface area contributed by atoms with Crippen LogP contribution in [0.3, 0.4) is 0 Å². The molecule has 1 saturated carbocycles. The third-order valence-electron chi connectivity index (χ3n) is 3.90. The van der Waals surface area contributed by atoms with Gasteiger partial charge >= 0.3 is 0 Å². The van der Waals surface area contributed by atoms with Gasteiger partial charge in [0, 0.05) is 31.1 Å². The van der Waals surface area contributed by atoms with Crippen molar-refractivity contribution in [3.63, 3.8) is 0 Å². The van der Waals surface area contributed by atoms with E-state index in [0.29, 0.717) is 26.1 Å². The smallest absolute Gasteiger partial charge is 0.219 e. The van der Waals surface area contributed by atoms with E-state index in [4.69, 9.17) is 4.74 Å². The van der Waals surface area contributed by atoms with Crippen LogP contribution in [0, 0.1) is 5.41 Å². The second-order valence-corrected chi connectivity index (χ2v) is 4.57. The lowest BCUT2D eigenvalue weighted by atomic mass is 9.58. The molecule has 2 atom stereocenters. The number of rotatable bonds is 2. The van der Waals surface area contributed by atoms with Crippen molar-refractivity contribution in [1.29, 1.82) is 0 Å². The van der Waals surface area contributed by atoms with E-state index in [-0.39, 0.29) is 23.5 Å². The molecule has 0 aromatic carbocycles. The summed E-state index contributed by atoms with van der Waals surface area (Å²) in [5, 5.41) is 12.9. The Balaban J connectivity index is 1.98. The first-order valence-electron chi connectivity index (χ1n) is 5.74. The van der Waals surface area contributed by atoms with Crippen molar-refractivity contribution in [3.8, 4) is 0 Å². The van der Waals surface area contributed by atoms with Crippen LogP contribution in [-0.4, -0.2) is 36.4 Å². The number of hydrogen-bond acceptors (Lipinski definition) is 3. The summed E-state index contributed by atoms with van der Waals surface area (Å²) in [6, 6.07) is 0.156. The highest BCUT2D eigenvalue weighted by Gasteiger charge is 2.55. The molecule has 0 aromatic rings. The van der Waals surface area contributed by atoms with Crippen molar-refractivity contribution in [2.45, 2.75) is 44.8 Å². The Labute approximate surface area is 90.0 Å². The van der Waals surface area contributed by atoms with E-state index in [9.17, 15) is 9.90 Å². The van der Waals surface area contributed by atoms with Crippen LogP contribution in [0.4, 0.5) is 0 Å². The molecule has 15 heavy (non-hydrogen) atoms. The molecule has 2 fully saturated rings. The number of carbonyl (C=O) groups excluding carboxylic acids is 1. The molecule has 0 radical (unpaired) electrons. The molecule has 1 amide bonds. The van der Waals surface area contributed by atoms with Gasteiger partial charge in [0.05, 0.1) is 6.10 Å². The molecular formula is C11H19NO3. The third kappa shape index (κ3) is 1.76. The van der Waals surface area contributed by atoms with Crippen LogP contribution < -0.4 is 5.32 Å². The molecule has 1 aliphatic heterocycles. The third-order valence-corrected chi connectivity index (χ3v) is 3.90. The zero-order valence-corrected chi connectivity index (χ0v) is 9.16. The van der Waals surface area contributed by atoms with Crippen LogP contribution in [-0.2, 0) is 9.53 Å². The summed E-state index contributed by atoms with van der Waals surface area (Å²) in [6.45, 7) is 3.26. The highest BCUT2D eigenvalue weighted by atomic mass is 16.5. The normalized spacial score (nSPS) is 33.5. The van der Waals surface area contributed by atoms with Crippen LogP contribution in [0.2, 0.25) is 0 Å². The molecule has 4 nitrogen and oxygen atoms in total. The van der Waals surface area contributed by atoms with E-state index >= 15 is 0 Å². The van der Waals surface area contributed by atoms with Gasteiger partial charge in [-0.15, -0.1) is 0 Å². The Morgan fingerprint density at radius 3 is 2.73 bits per heavy atom. The number of carbonyl (C=O) groups is 1. The lowest BCUT2D eigenvalue weighted by Crippen LogP contribution is -2.65. The first-order chi connectivity index (χ1) is 7.19. The van der Waals surface area contributed by atoms with Gasteiger partial charge in [0.15, 0.2) is 0 Å². The molecule has 0 bridgehead atoms. The molecule has 0 unspecified atom stereocenters. The first kappa shape index (κ1) is 10.9. The number of amides is 1. The average molecular weight is 213 g/mol. The van der Waals surface area contributed by atoms with Gasteiger partial charge in [0.1, 0.15) is 0 Å². The Morgan fingerprint density at radius 1 is 1.53 bits per heavy atom. The van der Waals surface area contributed by atoms with Crippen molar-refractivity contribution in [2.75, 3.05) is 13.2 Å². The van der Waals surface area contributed by atoms with E-state index in [1.807, 2.05) is 6.92 Å².